The van der Waals surface area contributed by atoms with Gasteiger partial charge in [-0.3, -0.25) is 10.1 Å². The number of methoxy groups -OCH3 is 1. The zero-order valence-corrected chi connectivity index (χ0v) is 14.6. The summed E-state index contributed by atoms with van der Waals surface area (Å²) < 4.78 is 37.4. The molecule has 9 heteroatoms. The minimum Gasteiger partial charge on any atom is -0.493 e. The Balaban J connectivity index is 2.00. The van der Waals surface area contributed by atoms with Gasteiger partial charge in [-0.1, -0.05) is 18.2 Å². The number of rotatable bonds is 8. The van der Waals surface area contributed by atoms with Crippen molar-refractivity contribution in [2.75, 3.05) is 20.3 Å². The van der Waals surface area contributed by atoms with Gasteiger partial charge in [0, 0.05) is 18.2 Å². The normalized spacial score (nSPS) is 11.1. The van der Waals surface area contributed by atoms with Crippen molar-refractivity contribution >= 4 is 15.7 Å². The Kier molecular flexibility index (Phi) is 5.94. The number of nitrogens with zero attached hydrogens (tertiary/aromatic N) is 1. The Hall–Kier alpha value is -2.65. The van der Waals surface area contributed by atoms with Gasteiger partial charge in [-0.15, -0.1) is 0 Å². The molecule has 8 nitrogen and oxygen atoms in total. The number of hydrogen-bond acceptors (Lipinski definition) is 6. The molecule has 0 fully saturated rings. The van der Waals surface area contributed by atoms with Crippen LogP contribution in [0.3, 0.4) is 0 Å². The van der Waals surface area contributed by atoms with Crippen LogP contribution in [0.5, 0.6) is 11.5 Å². The van der Waals surface area contributed by atoms with E-state index < -0.39 is 14.9 Å². The Morgan fingerprint density at radius 1 is 1.16 bits per heavy atom. The van der Waals surface area contributed by atoms with Crippen LogP contribution in [0.15, 0.2) is 47.4 Å². The van der Waals surface area contributed by atoms with Gasteiger partial charge in [-0.05, 0) is 25.1 Å². The van der Waals surface area contributed by atoms with Gasteiger partial charge < -0.3 is 9.47 Å². The standard InChI is InChI=1S/C16H18N2O6S/c1-12-7-8-13(11-14(12)18(19)20)25(21,22)17-9-10-24-16-6-4-3-5-15(16)23-2/h3-8,11,17H,9-10H2,1-2H3. The lowest BCUT2D eigenvalue weighted by Crippen LogP contribution is -2.28. The fourth-order valence-electron chi connectivity index (χ4n) is 2.11. The maximum Gasteiger partial charge on any atom is 0.273 e. The van der Waals surface area contributed by atoms with Gasteiger partial charge in [-0.25, -0.2) is 13.1 Å². The third-order valence-corrected chi connectivity index (χ3v) is 4.87. The van der Waals surface area contributed by atoms with Crippen LogP contribution >= 0.6 is 0 Å². The predicted molar refractivity (Wildman–Crippen MR) is 91.5 cm³/mol. The number of sulfonamides is 1. The number of benzene rings is 2. The van der Waals surface area contributed by atoms with E-state index in [0.717, 1.165) is 6.07 Å². The molecule has 0 amide bonds. The molecule has 0 aliphatic carbocycles. The third kappa shape index (κ3) is 4.68. The van der Waals surface area contributed by atoms with E-state index >= 15 is 0 Å². The summed E-state index contributed by atoms with van der Waals surface area (Å²) in [6.07, 6.45) is 0. The van der Waals surface area contributed by atoms with Crippen LogP contribution in [0.25, 0.3) is 0 Å². The fraction of sp³-hybridized carbons (Fsp3) is 0.250. The highest BCUT2D eigenvalue weighted by Crippen LogP contribution is 2.25. The molecule has 2 aromatic carbocycles. The van der Waals surface area contributed by atoms with Crippen molar-refractivity contribution in [3.05, 3.63) is 58.1 Å². The van der Waals surface area contributed by atoms with Gasteiger partial charge in [0.15, 0.2) is 11.5 Å². The van der Waals surface area contributed by atoms with E-state index in [0.29, 0.717) is 17.1 Å². The Morgan fingerprint density at radius 3 is 2.48 bits per heavy atom. The number of hydrogen-bond donors (Lipinski definition) is 1. The predicted octanol–water partition coefficient (Wildman–Crippen LogP) is 2.27. The summed E-state index contributed by atoms with van der Waals surface area (Å²) >= 11 is 0. The second-order valence-electron chi connectivity index (χ2n) is 5.10. The molecule has 134 valence electrons. The number of nitro benzene ring substituents is 1. The summed E-state index contributed by atoms with van der Waals surface area (Å²) in [7, 11) is -2.36. The van der Waals surface area contributed by atoms with Crippen LogP contribution < -0.4 is 14.2 Å². The molecule has 0 spiro atoms. The molecular formula is C16H18N2O6S. The summed E-state index contributed by atoms with van der Waals surface area (Å²) in [5.74, 6) is 1.04. The number of ether oxygens (including phenoxy) is 2. The molecule has 0 aliphatic rings. The number of nitro groups is 1. The molecule has 2 aromatic rings. The molecule has 0 heterocycles. The summed E-state index contributed by atoms with van der Waals surface area (Å²) in [6, 6.07) is 10.8. The van der Waals surface area contributed by atoms with Crippen molar-refractivity contribution in [2.45, 2.75) is 11.8 Å². The fourth-order valence-corrected chi connectivity index (χ4v) is 3.14. The van der Waals surface area contributed by atoms with Crippen LogP contribution in [0.2, 0.25) is 0 Å². The lowest BCUT2D eigenvalue weighted by molar-refractivity contribution is -0.385. The SMILES string of the molecule is COc1ccccc1OCCNS(=O)(=O)c1ccc(C)c([N+](=O)[O-])c1. The van der Waals surface area contributed by atoms with E-state index in [1.807, 2.05) is 0 Å². The van der Waals surface area contributed by atoms with Crippen LogP contribution in [-0.4, -0.2) is 33.6 Å². The first-order valence-corrected chi connectivity index (χ1v) is 8.84. The van der Waals surface area contributed by atoms with E-state index in [2.05, 4.69) is 4.72 Å². The van der Waals surface area contributed by atoms with E-state index in [9.17, 15) is 18.5 Å². The first-order chi connectivity index (χ1) is 11.8. The van der Waals surface area contributed by atoms with E-state index in [1.54, 1.807) is 31.2 Å². The first kappa shape index (κ1) is 18.7. The van der Waals surface area contributed by atoms with Gasteiger partial charge in [0.2, 0.25) is 10.0 Å². The first-order valence-electron chi connectivity index (χ1n) is 7.35. The molecule has 1 N–H and O–H groups in total. The van der Waals surface area contributed by atoms with Gasteiger partial charge in [0.1, 0.15) is 6.61 Å². The quantitative estimate of drug-likeness (QED) is 0.436. The molecule has 0 saturated heterocycles. The molecule has 25 heavy (non-hydrogen) atoms. The molecule has 0 bridgehead atoms. The molecule has 0 saturated carbocycles. The summed E-state index contributed by atoms with van der Waals surface area (Å²) in [5.41, 5.74) is 0.150. The van der Waals surface area contributed by atoms with Crippen molar-refractivity contribution < 1.29 is 22.8 Å². The summed E-state index contributed by atoms with van der Waals surface area (Å²) in [4.78, 5) is 10.2. The minimum atomic E-state index is -3.87. The summed E-state index contributed by atoms with van der Waals surface area (Å²) in [5, 5.41) is 10.9. The largest absolute Gasteiger partial charge is 0.493 e. The highest BCUT2D eigenvalue weighted by molar-refractivity contribution is 7.89. The van der Waals surface area contributed by atoms with E-state index in [-0.39, 0.29) is 23.7 Å². The number of para-hydroxylation sites is 2. The van der Waals surface area contributed by atoms with Crippen molar-refractivity contribution in [1.82, 2.24) is 4.72 Å². The van der Waals surface area contributed by atoms with Crippen LogP contribution in [0, 0.1) is 17.0 Å². The average molecular weight is 366 g/mol. The smallest absolute Gasteiger partial charge is 0.273 e. The second kappa shape index (κ2) is 7.95. The van der Waals surface area contributed by atoms with Crippen molar-refractivity contribution in [2.24, 2.45) is 0 Å². The summed E-state index contributed by atoms with van der Waals surface area (Å²) in [6.45, 7) is 1.62. The maximum atomic E-state index is 12.2. The zero-order valence-electron chi connectivity index (χ0n) is 13.8. The molecule has 0 atom stereocenters. The van der Waals surface area contributed by atoms with Crippen molar-refractivity contribution in [3.8, 4) is 11.5 Å². The van der Waals surface area contributed by atoms with Crippen LogP contribution in [0.1, 0.15) is 5.56 Å². The Labute approximate surface area is 145 Å². The highest BCUT2D eigenvalue weighted by Gasteiger charge is 2.19. The van der Waals surface area contributed by atoms with Crippen LogP contribution in [-0.2, 0) is 10.0 Å². The molecule has 0 radical (unpaired) electrons. The number of aryl methyl sites for hydroxylation is 1. The molecule has 0 unspecified atom stereocenters. The van der Waals surface area contributed by atoms with Gasteiger partial charge in [0.05, 0.1) is 16.9 Å². The van der Waals surface area contributed by atoms with Gasteiger partial charge >= 0.3 is 0 Å². The van der Waals surface area contributed by atoms with Crippen LogP contribution in [0.4, 0.5) is 5.69 Å². The maximum absolute atomic E-state index is 12.2. The van der Waals surface area contributed by atoms with Crippen molar-refractivity contribution in [1.29, 1.82) is 0 Å². The third-order valence-electron chi connectivity index (χ3n) is 3.41. The number of nitrogens with one attached hydrogen (secondary N) is 1. The van der Waals surface area contributed by atoms with Gasteiger partial charge in [-0.2, -0.15) is 0 Å². The molecular weight excluding hydrogens is 348 g/mol. The van der Waals surface area contributed by atoms with Gasteiger partial charge in [0.25, 0.3) is 5.69 Å². The molecule has 0 aromatic heterocycles. The zero-order chi connectivity index (χ0) is 18.4. The Morgan fingerprint density at radius 2 is 1.84 bits per heavy atom. The Bertz CT molecular complexity index is 867. The lowest BCUT2D eigenvalue weighted by atomic mass is 10.2. The monoisotopic (exact) mass is 366 g/mol. The molecule has 0 aliphatic heterocycles. The van der Waals surface area contributed by atoms with Crippen molar-refractivity contribution in [3.63, 3.8) is 0 Å². The average Bonchev–Trinajstić information content (AvgIpc) is 2.59. The minimum absolute atomic E-state index is 0.00204. The van der Waals surface area contributed by atoms with E-state index in [4.69, 9.17) is 9.47 Å². The second-order valence-corrected chi connectivity index (χ2v) is 6.87. The van der Waals surface area contributed by atoms with E-state index in [1.165, 1.54) is 19.2 Å². The topological polar surface area (TPSA) is 108 Å². The lowest BCUT2D eigenvalue weighted by Gasteiger charge is -2.11. The highest BCUT2D eigenvalue weighted by atomic mass is 32.2. The molecule has 2 rings (SSSR count).